The van der Waals surface area contributed by atoms with Crippen LogP contribution >= 0.6 is 22.9 Å². The second-order valence-corrected chi connectivity index (χ2v) is 9.65. The molecular weight excluding hydrogens is 461 g/mol. The van der Waals surface area contributed by atoms with Crippen molar-refractivity contribution in [2.75, 3.05) is 16.7 Å². The van der Waals surface area contributed by atoms with Gasteiger partial charge in [0.05, 0.1) is 22.0 Å². The number of hydrogen-bond donors (Lipinski definition) is 1. The minimum absolute atomic E-state index is 0.0465. The number of sulfonamides is 1. The number of alkyl halides is 3. The molecule has 158 valence electrons. The molecule has 0 atom stereocenters. The highest BCUT2D eigenvalue weighted by Crippen LogP contribution is 2.34. The fraction of sp³-hybridized carbons (Fsp3) is 0.105. The van der Waals surface area contributed by atoms with Crippen LogP contribution in [0.3, 0.4) is 0 Å². The molecule has 1 aromatic heterocycles. The molecule has 1 N–H and O–H groups in total. The largest absolute Gasteiger partial charge is 0.416 e. The van der Waals surface area contributed by atoms with Crippen LogP contribution in [-0.2, 0) is 16.2 Å². The topological polar surface area (TPSA) is 66.5 Å². The molecule has 5 nitrogen and oxygen atoms in total. The normalized spacial score (nSPS) is 11.9. The molecule has 2 aromatic carbocycles. The van der Waals surface area contributed by atoms with Gasteiger partial charge < -0.3 is 5.32 Å². The van der Waals surface area contributed by atoms with Gasteiger partial charge in [0.15, 0.2) is 0 Å². The quantitative estimate of drug-likeness (QED) is 0.531. The molecule has 0 aliphatic carbocycles. The first kappa shape index (κ1) is 22.1. The number of hydrogen-bond acceptors (Lipinski definition) is 4. The van der Waals surface area contributed by atoms with Crippen LogP contribution in [0.4, 0.5) is 24.5 Å². The molecule has 3 rings (SSSR count). The van der Waals surface area contributed by atoms with E-state index in [1.54, 1.807) is 11.4 Å². The van der Waals surface area contributed by atoms with Gasteiger partial charge in [-0.15, -0.1) is 11.3 Å². The van der Waals surface area contributed by atoms with Crippen molar-refractivity contribution in [2.45, 2.75) is 10.4 Å². The highest BCUT2D eigenvalue weighted by atomic mass is 35.5. The maximum Gasteiger partial charge on any atom is 0.416 e. The first-order valence-corrected chi connectivity index (χ1v) is 11.0. The van der Waals surface area contributed by atoms with E-state index >= 15 is 0 Å². The zero-order valence-electron chi connectivity index (χ0n) is 15.3. The lowest BCUT2D eigenvalue weighted by Crippen LogP contribution is -2.25. The number of thiophene rings is 1. The molecular formula is C19H14ClF3N2O3S2. The number of halogens is 4. The van der Waals surface area contributed by atoms with E-state index in [0.29, 0.717) is 5.69 Å². The van der Waals surface area contributed by atoms with E-state index in [-0.39, 0.29) is 20.5 Å². The summed E-state index contributed by atoms with van der Waals surface area (Å²) in [5.74, 6) is -0.688. The molecule has 0 unspecified atom stereocenters. The minimum atomic E-state index is -4.58. The number of nitrogens with zero attached hydrogens (tertiary/aromatic N) is 1. The van der Waals surface area contributed by atoms with Gasteiger partial charge in [0.1, 0.15) is 4.21 Å². The van der Waals surface area contributed by atoms with Gasteiger partial charge in [0, 0.05) is 12.6 Å². The molecule has 3 aromatic rings. The first-order chi connectivity index (χ1) is 14.0. The van der Waals surface area contributed by atoms with E-state index in [9.17, 15) is 26.4 Å². The Hall–Kier alpha value is -2.56. The lowest BCUT2D eigenvalue weighted by atomic mass is 10.1. The van der Waals surface area contributed by atoms with Crippen molar-refractivity contribution in [1.82, 2.24) is 0 Å². The number of nitrogens with one attached hydrogen (secondary N) is 1. The van der Waals surface area contributed by atoms with Crippen LogP contribution in [-0.4, -0.2) is 21.4 Å². The van der Waals surface area contributed by atoms with Crippen LogP contribution < -0.4 is 9.62 Å². The average Bonchev–Trinajstić information content (AvgIpc) is 3.24. The van der Waals surface area contributed by atoms with Crippen LogP contribution in [0.15, 0.2) is 64.2 Å². The smallest absolute Gasteiger partial charge is 0.321 e. The van der Waals surface area contributed by atoms with Crippen molar-refractivity contribution in [1.29, 1.82) is 0 Å². The molecule has 1 amide bonds. The fourth-order valence-electron chi connectivity index (χ4n) is 2.50. The lowest BCUT2D eigenvalue weighted by Gasteiger charge is -2.18. The average molecular weight is 475 g/mol. The summed E-state index contributed by atoms with van der Waals surface area (Å²) < 4.78 is 65.0. The predicted octanol–water partition coefficient (Wildman–Crippen LogP) is 5.50. The number of anilines is 2. The Bertz CT molecular complexity index is 1160. The Labute approximate surface area is 179 Å². The van der Waals surface area contributed by atoms with Gasteiger partial charge in [-0.05, 0) is 53.9 Å². The SMILES string of the molecule is CN(c1ccc(C(=O)Nc2cc(C(F)(F)F)ccc2Cl)cc1)S(=O)(=O)c1cccs1. The third-order valence-electron chi connectivity index (χ3n) is 4.14. The second-order valence-electron chi connectivity index (χ2n) is 6.10. The summed E-state index contributed by atoms with van der Waals surface area (Å²) in [4.78, 5) is 12.4. The predicted molar refractivity (Wildman–Crippen MR) is 111 cm³/mol. The van der Waals surface area contributed by atoms with E-state index in [2.05, 4.69) is 5.32 Å². The van der Waals surface area contributed by atoms with Crippen LogP contribution in [0.25, 0.3) is 0 Å². The standard InChI is InChI=1S/C19H14ClF3N2O3S2/c1-25(30(27,28)17-3-2-10-29-17)14-7-4-12(5-8-14)18(26)24-16-11-13(19(21,22)23)6-9-15(16)20/h2-11H,1H3,(H,24,26). The summed E-state index contributed by atoms with van der Waals surface area (Å²) in [6.45, 7) is 0. The first-order valence-electron chi connectivity index (χ1n) is 8.31. The number of rotatable bonds is 5. The van der Waals surface area contributed by atoms with Crippen molar-refractivity contribution in [2.24, 2.45) is 0 Å². The maximum atomic E-state index is 12.9. The molecule has 0 saturated heterocycles. The number of amides is 1. The zero-order valence-corrected chi connectivity index (χ0v) is 17.7. The Morgan fingerprint density at radius 3 is 2.33 bits per heavy atom. The van der Waals surface area contributed by atoms with Gasteiger partial charge in [-0.1, -0.05) is 17.7 Å². The Kier molecular flexibility index (Phi) is 6.11. The highest BCUT2D eigenvalue weighted by molar-refractivity contribution is 7.94. The lowest BCUT2D eigenvalue weighted by molar-refractivity contribution is -0.137. The molecule has 0 aliphatic rings. The second kappa shape index (κ2) is 8.29. The molecule has 0 radical (unpaired) electrons. The van der Waals surface area contributed by atoms with Gasteiger partial charge in [-0.2, -0.15) is 13.2 Å². The van der Waals surface area contributed by atoms with E-state index in [0.717, 1.165) is 33.8 Å². The van der Waals surface area contributed by atoms with Crippen LogP contribution in [0, 0.1) is 0 Å². The highest BCUT2D eigenvalue weighted by Gasteiger charge is 2.31. The van der Waals surface area contributed by atoms with Crippen molar-refractivity contribution < 1.29 is 26.4 Å². The minimum Gasteiger partial charge on any atom is -0.321 e. The maximum absolute atomic E-state index is 12.9. The Balaban J connectivity index is 1.79. The van der Waals surface area contributed by atoms with Gasteiger partial charge in [0.25, 0.3) is 15.9 Å². The molecule has 30 heavy (non-hydrogen) atoms. The van der Waals surface area contributed by atoms with Gasteiger partial charge in [-0.3, -0.25) is 9.10 Å². The summed E-state index contributed by atoms with van der Waals surface area (Å²) in [5.41, 5.74) is -0.692. The van der Waals surface area contributed by atoms with Crippen LogP contribution in [0.2, 0.25) is 5.02 Å². The van der Waals surface area contributed by atoms with Crippen molar-refractivity contribution >= 4 is 50.2 Å². The third kappa shape index (κ3) is 4.61. The van der Waals surface area contributed by atoms with Crippen LogP contribution in [0.5, 0.6) is 0 Å². The summed E-state index contributed by atoms with van der Waals surface area (Å²) in [5, 5.41) is 3.94. The molecule has 0 bridgehead atoms. The Morgan fingerprint density at radius 1 is 1.10 bits per heavy atom. The van der Waals surface area contributed by atoms with E-state index in [1.807, 2.05) is 0 Å². The van der Waals surface area contributed by atoms with Crippen molar-refractivity contribution in [3.8, 4) is 0 Å². The molecule has 1 heterocycles. The van der Waals surface area contributed by atoms with E-state index in [1.165, 1.54) is 37.4 Å². The third-order valence-corrected chi connectivity index (χ3v) is 7.63. The summed E-state index contributed by atoms with van der Waals surface area (Å²) in [7, 11) is -2.35. The summed E-state index contributed by atoms with van der Waals surface area (Å²) in [6.07, 6.45) is -4.58. The molecule has 0 aliphatic heterocycles. The molecule has 0 spiro atoms. The van der Waals surface area contributed by atoms with E-state index in [4.69, 9.17) is 11.6 Å². The molecule has 0 saturated carbocycles. The monoisotopic (exact) mass is 474 g/mol. The zero-order chi connectivity index (χ0) is 22.1. The summed E-state index contributed by atoms with van der Waals surface area (Å²) >= 11 is 6.97. The number of carbonyl (C=O) groups excluding carboxylic acids is 1. The van der Waals surface area contributed by atoms with Crippen LogP contribution in [0.1, 0.15) is 15.9 Å². The van der Waals surface area contributed by atoms with Gasteiger partial charge in [0.2, 0.25) is 0 Å². The molecule has 0 fully saturated rings. The number of carbonyl (C=O) groups is 1. The van der Waals surface area contributed by atoms with Crippen molar-refractivity contribution in [3.63, 3.8) is 0 Å². The fourth-order valence-corrected chi connectivity index (χ4v) is 5.02. The van der Waals surface area contributed by atoms with Gasteiger partial charge in [-0.25, -0.2) is 8.42 Å². The Morgan fingerprint density at radius 2 is 1.77 bits per heavy atom. The number of benzene rings is 2. The van der Waals surface area contributed by atoms with Gasteiger partial charge >= 0.3 is 6.18 Å². The summed E-state index contributed by atoms with van der Waals surface area (Å²) in [6, 6.07) is 11.3. The molecule has 11 heteroatoms. The van der Waals surface area contributed by atoms with E-state index < -0.39 is 27.7 Å². The van der Waals surface area contributed by atoms with Crippen molar-refractivity contribution in [3.05, 3.63) is 76.1 Å².